The number of para-hydroxylation sites is 1. The van der Waals surface area contributed by atoms with Gasteiger partial charge in [0.05, 0.1) is 5.56 Å². The number of carbonyl (C=O) groups excluding carboxylic acids is 1. The van der Waals surface area contributed by atoms with Crippen molar-refractivity contribution in [2.45, 2.75) is 32.6 Å². The van der Waals surface area contributed by atoms with Crippen LogP contribution in [0.5, 0.6) is 0 Å². The van der Waals surface area contributed by atoms with E-state index in [1.807, 2.05) is 24.3 Å². The molecule has 0 radical (unpaired) electrons. The third kappa shape index (κ3) is 3.12. The molecule has 1 amide bonds. The summed E-state index contributed by atoms with van der Waals surface area (Å²) in [5.41, 5.74) is 2.11. The maximum atomic E-state index is 12.9. The number of amides is 1. The summed E-state index contributed by atoms with van der Waals surface area (Å²) in [6, 6.07) is 7.91. The summed E-state index contributed by atoms with van der Waals surface area (Å²) in [5, 5.41) is 6.88. The van der Waals surface area contributed by atoms with E-state index in [9.17, 15) is 4.79 Å². The molecule has 1 atom stereocenters. The summed E-state index contributed by atoms with van der Waals surface area (Å²) in [4.78, 5) is 15.0. The van der Waals surface area contributed by atoms with Gasteiger partial charge in [-0.2, -0.15) is 0 Å². The number of hydrogen-bond donors (Lipinski definition) is 2. The third-order valence-electron chi connectivity index (χ3n) is 5.01. The number of carbonyl (C=O) groups is 1. The fourth-order valence-electron chi connectivity index (χ4n) is 3.74. The second-order valence-corrected chi connectivity index (χ2v) is 6.73. The van der Waals surface area contributed by atoms with E-state index in [2.05, 4.69) is 22.5 Å². The lowest BCUT2D eigenvalue weighted by molar-refractivity contribution is 0.0765. The SMILES string of the molecule is CCCNc1ccccc1C(=O)N1CCC2(CCCNC2)C1. The molecule has 0 aromatic heterocycles. The lowest BCUT2D eigenvalue weighted by Gasteiger charge is -2.33. The smallest absolute Gasteiger partial charge is 0.255 e. The van der Waals surface area contributed by atoms with Crippen molar-refractivity contribution in [2.24, 2.45) is 5.41 Å². The quantitative estimate of drug-likeness (QED) is 0.899. The Balaban J connectivity index is 1.72. The van der Waals surface area contributed by atoms with Crippen molar-refractivity contribution in [3.63, 3.8) is 0 Å². The van der Waals surface area contributed by atoms with Crippen LogP contribution in [-0.2, 0) is 0 Å². The minimum atomic E-state index is 0.182. The van der Waals surface area contributed by atoms with Crippen LogP contribution in [0.25, 0.3) is 0 Å². The van der Waals surface area contributed by atoms with Gasteiger partial charge in [0.2, 0.25) is 0 Å². The van der Waals surface area contributed by atoms with E-state index in [4.69, 9.17) is 0 Å². The normalized spacial score (nSPS) is 24.7. The highest BCUT2D eigenvalue weighted by Crippen LogP contribution is 2.37. The first kappa shape index (κ1) is 15.3. The third-order valence-corrected chi connectivity index (χ3v) is 5.01. The van der Waals surface area contributed by atoms with Gasteiger partial charge in [-0.1, -0.05) is 19.1 Å². The molecule has 0 aliphatic carbocycles. The summed E-state index contributed by atoms with van der Waals surface area (Å²) in [6.45, 7) is 7.02. The highest BCUT2D eigenvalue weighted by molar-refractivity contribution is 5.99. The number of benzene rings is 1. The maximum Gasteiger partial charge on any atom is 0.255 e. The molecule has 22 heavy (non-hydrogen) atoms. The number of nitrogens with one attached hydrogen (secondary N) is 2. The minimum absolute atomic E-state index is 0.182. The van der Waals surface area contributed by atoms with Gasteiger partial charge >= 0.3 is 0 Å². The molecule has 2 fully saturated rings. The molecule has 2 aliphatic rings. The Kier molecular flexibility index (Phi) is 4.67. The predicted octanol–water partition coefficient (Wildman–Crippen LogP) is 2.72. The van der Waals surface area contributed by atoms with Crippen LogP contribution in [0, 0.1) is 5.41 Å². The molecule has 2 heterocycles. The molecule has 0 saturated carbocycles. The lowest BCUT2D eigenvalue weighted by Crippen LogP contribution is -2.42. The molecule has 1 unspecified atom stereocenters. The fraction of sp³-hybridized carbons (Fsp3) is 0.611. The Hall–Kier alpha value is -1.55. The van der Waals surface area contributed by atoms with E-state index in [0.717, 1.165) is 56.8 Å². The fourth-order valence-corrected chi connectivity index (χ4v) is 3.74. The van der Waals surface area contributed by atoms with Crippen molar-refractivity contribution in [1.29, 1.82) is 0 Å². The van der Waals surface area contributed by atoms with Crippen molar-refractivity contribution in [2.75, 3.05) is 38.0 Å². The lowest BCUT2D eigenvalue weighted by atomic mass is 9.80. The van der Waals surface area contributed by atoms with Crippen LogP contribution >= 0.6 is 0 Å². The number of anilines is 1. The van der Waals surface area contributed by atoms with E-state index in [1.165, 1.54) is 12.8 Å². The number of piperidine rings is 1. The Morgan fingerprint density at radius 2 is 2.23 bits per heavy atom. The van der Waals surface area contributed by atoms with Gasteiger partial charge in [-0.05, 0) is 44.4 Å². The van der Waals surface area contributed by atoms with Crippen molar-refractivity contribution >= 4 is 11.6 Å². The average molecular weight is 301 g/mol. The largest absolute Gasteiger partial charge is 0.384 e. The topological polar surface area (TPSA) is 44.4 Å². The maximum absolute atomic E-state index is 12.9. The van der Waals surface area contributed by atoms with Crippen LogP contribution in [0.15, 0.2) is 24.3 Å². The van der Waals surface area contributed by atoms with E-state index >= 15 is 0 Å². The van der Waals surface area contributed by atoms with Gasteiger partial charge in [0, 0.05) is 37.3 Å². The van der Waals surface area contributed by atoms with Gasteiger partial charge in [0.25, 0.3) is 5.91 Å². The van der Waals surface area contributed by atoms with E-state index in [1.54, 1.807) is 0 Å². The Morgan fingerprint density at radius 3 is 3.00 bits per heavy atom. The number of hydrogen-bond acceptors (Lipinski definition) is 3. The van der Waals surface area contributed by atoms with Gasteiger partial charge in [-0.3, -0.25) is 4.79 Å². The standard InChI is InChI=1S/C18H27N3O/c1-2-10-20-16-7-4-3-6-15(16)17(22)21-12-9-18(14-21)8-5-11-19-13-18/h3-4,6-7,19-20H,2,5,8-14H2,1H3. The molecule has 4 heteroatoms. The first-order valence-electron chi connectivity index (χ1n) is 8.57. The summed E-state index contributed by atoms with van der Waals surface area (Å²) in [6.07, 6.45) is 4.67. The van der Waals surface area contributed by atoms with Crippen LogP contribution in [0.3, 0.4) is 0 Å². The molecule has 1 spiro atoms. The second kappa shape index (κ2) is 6.69. The van der Waals surface area contributed by atoms with E-state index in [0.29, 0.717) is 5.41 Å². The Morgan fingerprint density at radius 1 is 1.36 bits per heavy atom. The van der Waals surface area contributed by atoms with Crippen LogP contribution in [0.2, 0.25) is 0 Å². The number of rotatable bonds is 4. The molecule has 2 N–H and O–H groups in total. The highest BCUT2D eigenvalue weighted by atomic mass is 16.2. The molecule has 3 rings (SSSR count). The summed E-state index contributed by atoms with van der Waals surface area (Å²) < 4.78 is 0. The predicted molar refractivity (Wildman–Crippen MR) is 90.3 cm³/mol. The van der Waals surface area contributed by atoms with Crippen molar-refractivity contribution in [1.82, 2.24) is 10.2 Å². The summed E-state index contributed by atoms with van der Waals surface area (Å²) in [5.74, 6) is 0.182. The Labute approximate surface area is 133 Å². The second-order valence-electron chi connectivity index (χ2n) is 6.73. The van der Waals surface area contributed by atoms with Crippen LogP contribution in [-0.4, -0.2) is 43.5 Å². The van der Waals surface area contributed by atoms with Crippen LogP contribution < -0.4 is 10.6 Å². The minimum Gasteiger partial charge on any atom is -0.384 e. The molecule has 1 aromatic carbocycles. The molecule has 2 saturated heterocycles. The zero-order valence-electron chi connectivity index (χ0n) is 13.5. The molecular formula is C18H27N3O. The number of nitrogens with zero attached hydrogens (tertiary/aromatic N) is 1. The van der Waals surface area contributed by atoms with Gasteiger partial charge in [-0.15, -0.1) is 0 Å². The van der Waals surface area contributed by atoms with Gasteiger partial charge < -0.3 is 15.5 Å². The average Bonchev–Trinajstić information content (AvgIpc) is 2.96. The monoisotopic (exact) mass is 301 g/mol. The van der Waals surface area contributed by atoms with Gasteiger partial charge in [-0.25, -0.2) is 0 Å². The molecule has 120 valence electrons. The van der Waals surface area contributed by atoms with Crippen molar-refractivity contribution < 1.29 is 4.79 Å². The highest BCUT2D eigenvalue weighted by Gasteiger charge is 2.40. The molecular weight excluding hydrogens is 274 g/mol. The van der Waals surface area contributed by atoms with Crippen LogP contribution in [0.1, 0.15) is 43.0 Å². The Bertz CT molecular complexity index is 523. The molecule has 1 aromatic rings. The summed E-state index contributed by atoms with van der Waals surface area (Å²) in [7, 11) is 0. The van der Waals surface area contributed by atoms with E-state index in [-0.39, 0.29) is 5.91 Å². The van der Waals surface area contributed by atoms with Crippen molar-refractivity contribution in [3.8, 4) is 0 Å². The zero-order valence-corrected chi connectivity index (χ0v) is 13.5. The van der Waals surface area contributed by atoms with Gasteiger partial charge in [0.1, 0.15) is 0 Å². The van der Waals surface area contributed by atoms with E-state index < -0.39 is 0 Å². The molecule has 4 nitrogen and oxygen atoms in total. The summed E-state index contributed by atoms with van der Waals surface area (Å²) >= 11 is 0. The first-order valence-corrected chi connectivity index (χ1v) is 8.57. The molecule has 2 aliphatic heterocycles. The first-order chi connectivity index (χ1) is 10.7. The molecule has 0 bridgehead atoms. The van der Waals surface area contributed by atoms with Crippen molar-refractivity contribution in [3.05, 3.63) is 29.8 Å². The zero-order chi connectivity index (χ0) is 15.4. The number of likely N-dealkylation sites (tertiary alicyclic amines) is 1. The van der Waals surface area contributed by atoms with Crippen LogP contribution in [0.4, 0.5) is 5.69 Å². The van der Waals surface area contributed by atoms with Gasteiger partial charge in [0.15, 0.2) is 0 Å².